The van der Waals surface area contributed by atoms with E-state index in [1.54, 1.807) is 12.1 Å². The van der Waals surface area contributed by atoms with Crippen LogP contribution in [-0.4, -0.2) is 28.8 Å². The molecule has 172 valence electrons. The van der Waals surface area contributed by atoms with Crippen molar-refractivity contribution in [1.82, 2.24) is 4.98 Å². The van der Waals surface area contributed by atoms with Gasteiger partial charge < -0.3 is 18.7 Å². The van der Waals surface area contributed by atoms with E-state index in [1.807, 2.05) is 54.6 Å². The topological polar surface area (TPSA) is 115 Å². The first-order valence-corrected chi connectivity index (χ1v) is 10.9. The molecule has 2 N–H and O–H groups in total. The number of anilines is 1. The van der Waals surface area contributed by atoms with Crippen molar-refractivity contribution < 1.29 is 28.3 Å². The van der Waals surface area contributed by atoms with Crippen LogP contribution in [0.2, 0.25) is 0 Å². The van der Waals surface area contributed by atoms with Crippen LogP contribution >= 0.6 is 0 Å². The summed E-state index contributed by atoms with van der Waals surface area (Å²) in [7, 11) is 0. The van der Waals surface area contributed by atoms with Gasteiger partial charge in [-0.15, -0.1) is 0 Å². The van der Waals surface area contributed by atoms with Gasteiger partial charge in [0, 0.05) is 17.5 Å². The summed E-state index contributed by atoms with van der Waals surface area (Å²) < 4.78 is 16.4. The Balaban J connectivity index is 1.23. The van der Waals surface area contributed by atoms with Gasteiger partial charge >= 0.3 is 12.1 Å². The number of carbonyl (C=O) groups excluding carboxylic acids is 1. The Morgan fingerprint density at radius 1 is 1.00 bits per heavy atom. The molecule has 0 saturated heterocycles. The van der Waals surface area contributed by atoms with E-state index in [0.29, 0.717) is 36.5 Å². The Hall–Kier alpha value is -4.33. The zero-order valence-electron chi connectivity index (χ0n) is 18.2. The maximum absolute atomic E-state index is 12.2. The second-order valence-electron chi connectivity index (χ2n) is 8.16. The van der Waals surface area contributed by atoms with Crippen LogP contribution in [0.15, 0.2) is 82.0 Å². The normalized spacial score (nSPS) is 13.9. The molecule has 4 aromatic rings. The zero-order chi connectivity index (χ0) is 23.5. The minimum atomic E-state index is -0.880. The monoisotopic (exact) mass is 458 g/mol. The van der Waals surface area contributed by atoms with Gasteiger partial charge in [0.25, 0.3) is 0 Å². The Morgan fingerprint density at radius 3 is 2.44 bits per heavy atom. The summed E-state index contributed by atoms with van der Waals surface area (Å²) in [6.07, 6.45) is 2.42. The standard InChI is InChI=1S/C26H22N2O6/c29-24(30)26(13-14-26)21-11-10-20(34-21)18-6-8-19(9-7-18)22-23(33-16-27-22)28-25(31)32-15-12-17-4-2-1-3-5-17/h1-11,16H,12-15H2,(H,28,31)(H,29,30). The van der Waals surface area contributed by atoms with Crippen molar-refractivity contribution in [3.8, 4) is 22.6 Å². The third kappa shape index (κ3) is 4.30. The molecule has 0 atom stereocenters. The van der Waals surface area contributed by atoms with E-state index in [2.05, 4.69) is 10.3 Å². The van der Waals surface area contributed by atoms with E-state index < -0.39 is 17.5 Å². The summed E-state index contributed by atoms with van der Waals surface area (Å²) in [6, 6.07) is 20.6. The second-order valence-corrected chi connectivity index (χ2v) is 8.16. The number of amides is 1. The molecule has 0 aliphatic heterocycles. The lowest BCUT2D eigenvalue weighted by Crippen LogP contribution is -2.18. The molecule has 34 heavy (non-hydrogen) atoms. The molecule has 1 aliphatic carbocycles. The Kier molecular flexibility index (Phi) is 5.63. The smallest absolute Gasteiger partial charge is 0.414 e. The quantitative estimate of drug-likeness (QED) is 0.358. The summed E-state index contributed by atoms with van der Waals surface area (Å²) >= 11 is 0. The van der Waals surface area contributed by atoms with Crippen molar-refractivity contribution in [1.29, 1.82) is 0 Å². The SMILES string of the molecule is O=C(Nc1ocnc1-c1ccc(-c2ccc(C3(C(=O)O)CC3)o2)cc1)OCCc1ccccc1. The van der Waals surface area contributed by atoms with Crippen LogP contribution in [0.5, 0.6) is 0 Å². The summed E-state index contributed by atoms with van der Waals surface area (Å²) in [6.45, 7) is 0.238. The number of aliphatic carboxylic acids is 1. The fourth-order valence-electron chi connectivity index (χ4n) is 3.81. The molecule has 8 nitrogen and oxygen atoms in total. The molecule has 1 aliphatic rings. The number of nitrogens with one attached hydrogen (secondary N) is 1. The van der Waals surface area contributed by atoms with Crippen LogP contribution in [0.25, 0.3) is 22.6 Å². The highest BCUT2D eigenvalue weighted by atomic mass is 16.5. The number of hydrogen-bond acceptors (Lipinski definition) is 6. The van der Waals surface area contributed by atoms with Crippen LogP contribution in [0, 0.1) is 0 Å². The number of aromatic nitrogens is 1. The van der Waals surface area contributed by atoms with Crippen molar-refractivity contribution in [3.05, 3.63) is 84.4 Å². The average molecular weight is 458 g/mol. The Morgan fingerprint density at radius 2 is 1.74 bits per heavy atom. The molecule has 0 unspecified atom stereocenters. The molecule has 1 saturated carbocycles. The van der Waals surface area contributed by atoms with Gasteiger partial charge in [-0.1, -0.05) is 54.6 Å². The van der Waals surface area contributed by atoms with Crippen molar-refractivity contribution in [2.75, 3.05) is 11.9 Å². The number of nitrogens with zero attached hydrogens (tertiary/aromatic N) is 1. The highest BCUT2D eigenvalue weighted by molar-refractivity contribution is 5.88. The molecule has 2 aromatic heterocycles. The van der Waals surface area contributed by atoms with Crippen LogP contribution in [0.1, 0.15) is 24.2 Å². The lowest BCUT2D eigenvalue weighted by atomic mass is 10.1. The van der Waals surface area contributed by atoms with E-state index in [9.17, 15) is 14.7 Å². The number of hydrogen-bond donors (Lipinski definition) is 2. The predicted molar refractivity (Wildman–Crippen MR) is 123 cm³/mol. The number of carboxylic acid groups (broad SMARTS) is 1. The third-order valence-corrected chi connectivity index (χ3v) is 5.93. The number of ether oxygens (including phenoxy) is 1. The second kappa shape index (κ2) is 8.90. The van der Waals surface area contributed by atoms with E-state index in [0.717, 1.165) is 16.7 Å². The van der Waals surface area contributed by atoms with Crippen molar-refractivity contribution in [3.63, 3.8) is 0 Å². The Labute approximate surface area is 195 Å². The van der Waals surface area contributed by atoms with Gasteiger partial charge in [0.1, 0.15) is 22.6 Å². The lowest BCUT2D eigenvalue weighted by molar-refractivity contribution is -0.140. The van der Waals surface area contributed by atoms with E-state index in [4.69, 9.17) is 13.6 Å². The summed E-state index contributed by atoms with van der Waals surface area (Å²) in [4.78, 5) is 27.9. The first-order valence-electron chi connectivity index (χ1n) is 10.9. The van der Waals surface area contributed by atoms with Crippen molar-refractivity contribution >= 4 is 17.9 Å². The average Bonchev–Trinajstić information content (AvgIpc) is 3.29. The molecule has 0 bridgehead atoms. The zero-order valence-corrected chi connectivity index (χ0v) is 18.2. The third-order valence-electron chi connectivity index (χ3n) is 5.93. The van der Waals surface area contributed by atoms with Gasteiger partial charge in [-0.2, -0.15) is 0 Å². The van der Waals surface area contributed by atoms with Crippen LogP contribution in [0.3, 0.4) is 0 Å². The van der Waals surface area contributed by atoms with Gasteiger partial charge in [0.05, 0.1) is 6.61 Å². The molecule has 1 amide bonds. The number of rotatable bonds is 8. The maximum Gasteiger partial charge on any atom is 0.414 e. The molecule has 5 rings (SSSR count). The summed E-state index contributed by atoms with van der Waals surface area (Å²) in [5.74, 6) is 0.408. The van der Waals surface area contributed by atoms with E-state index in [-0.39, 0.29) is 12.5 Å². The van der Waals surface area contributed by atoms with E-state index >= 15 is 0 Å². The summed E-state index contributed by atoms with van der Waals surface area (Å²) in [5, 5.41) is 12.0. The van der Waals surface area contributed by atoms with Crippen molar-refractivity contribution in [2.24, 2.45) is 0 Å². The van der Waals surface area contributed by atoms with E-state index in [1.165, 1.54) is 6.39 Å². The first kappa shape index (κ1) is 21.5. The molecular weight excluding hydrogens is 436 g/mol. The van der Waals surface area contributed by atoms with Crippen LogP contribution < -0.4 is 5.32 Å². The summed E-state index contributed by atoms with van der Waals surface area (Å²) in [5.41, 5.74) is 2.20. The number of benzene rings is 2. The molecule has 2 aromatic carbocycles. The largest absolute Gasteiger partial charge is 0.480 e. The van der Waals surface area contributed by atoms with Crippen LogP contribution in [0.4, 0.5) is 10.7 Å². The minimum Gasteiger partial charge on any atom is -0.480 e. The van der Waals surface area contributed by atoms with Gasteiger partial charge in [0.2, 0.25) is 5.88 Å². The molecule has 8 heteroatoms. The first-order chi connectivity index (χ1) is 16.5. The predicted octanol–water partition coefficient (Wildman–Crippen LogP) is 5.51. The highest BCUT2D eigenvalue weighted by Crippen LogP contribution is 2.49. The molecule has 0 radical (unpaired) electrons. The van der Waals surface area contributed by atoms with Gasteiger partial charge in [-0.3, -0.25) is 10.1 Å². The molecule has 2 heterocycles. The number of carboxylic acids is 1. The lowest BCUT2D eigenvalue weighted by Gasteiger charge is -2.07. The number of oxazole rings is 1. The van der Waals surface area contributed by atoms with Gasteiger partial charge in [0.15, 0.2) is 6.39 Å². The van der Waals surface area contributed by atoms with Gasteiger partial charge in [-0.25, -0.2) is 9.78 Å². The highest BCUT2D eigenvalue weighted by Gasteiger charge is 2.54. The molecular formula is C26H22N2O6. The van der Waals surface area contributed by atoms with Crippen LogP contribution in [-0.2, 0) is 21.4 Å². The number of furan rings is 1. The Bertz CT molecular complexity index is 1300. The maximum atomic E-state index is 12.2. The fourth-order valence-corrected chi connectivity index (χ4v) is 3.81. The fraction of sp³-hybridized carbons (Fsp3) is 0.192. The van der Waals surface area contributed by atoms with Crippen molar-refractivity contribution in [2.45, 2.75) is 24.7 Å². The van der Waals surface area contributed by atoms with Gasteiger partial charge in [-0.05, 0) is 30.5 Å². The molecule has 1 fully saturated rings. The minimum absolute atomic E-state index is 0.190. The molecule has 0 spiro atoms. The number of carbonyl (C=O) groups is 2.